The van der Waals surface area contributed by atoms with Gasteiger partial charge in [-0.15, -0.1) is 0 Å². The van der Waals surface area contributed by atoms with Crippen molar-refractivity contribution in [1.82, 2.24) is 0 Å². The van der Waals surface area contributed by atoms with Gasteiger partial charge in [-0.1, -0.05) is 69.9 Å². The molecule has 1 nitrogen and oxygen atoms in total. The van der Waals surface area contributed by atoms with Gasteiger partial charge in [-0.25, -0.2) is 0 Å². The van der Waals surface area contributed by atoms with Crippen molar-refractivity contribution in [2.75, 3.05) is 0 Å². The first-order chi connectivity index (χ1) is 8.10. The minimum atomic E-state index is -0.229. The van der Waals surface area contributed by atoms with Crippen molar-refractivity contribution in [1.29, 1.82) is 0 Å². The summed E-state index contributed by atoms with van der Waals surface area (Å²) in [5, 5.41) is 10.5. The summed E-state index contributed by atoms with van der Waals surface area (Å²) >= 11 is 0. The molecule has 1 aliphatic rings. The lowest BCUT2D eigenvalue weighted by Gasteiger charge is -2.32. The quantitative estimate of drug-likeness (QED) is 0.834. The van der Waals surface area contributed by atoms with Crippen LogP contribution in [0.25, 0.3) is 0 Å². The molecule has 1 saturated carbocycles. The van der Waals surface area contributed by atoms with Gasteiger partial charge in [0, 0.05) is 5.41 Å². The van der Waals surface area contributed by atoms with Crippen LogP contribution in [0.4, 0.5) is 0 Å². The van der Waals surface area contributed by atoms with Crippen LogP contribution in [0.5, 0.6) is 0 Å². The maximum Gasteiger partial charge on any atom is 0.0634 e. The fraction of sp³-hybridized carbons (Fsp3) is 0.625. The van der Waals surface area contributed by atoms with Crippen LogP contribution in [-0.2, 0) is 5.41 Å². The molecule has 0 heterocycles. The number of benzene rings is 1. The van der Waals surface area contributed by atoms with E-state index in [9.17, 15) is 5.11 Å². The van der Waals surface area contributed by atoms with Crippen LogP contribution in [0, 0.1) is 5.92 Å². The number of hydrogen-bond donors (Lipinski definition) is 1. The Balaban J connectivity index is 2.03. The highest BCUT2D eigenvalue weighted by Crippen LogP contribution is 2.35. The van der Waals surface area contributed by atoms with Gasteiger partial charge in [-0.05, 0) is 17.9 Å². The average molecular weight is 232 g/mol. The van der Waals surface area contributed by atoms with Gasteiger partial charge in [0.2, 0.25) is 0 Å². The average Bonchev–Trinajstić information content (AvgIpc) is 2.83. The second kappa shape index (κ2) is 5.22. The van der Waals surface area contributed by atoms with Gasteiger partial charge in [-0.2, -0.15) is 0 Å². The normalized spacial score (nSPS) is 19.5. The number of rotatable bonds is 4. The van der Waals surface area contributed by atoms with E-state index < -0.39 is 0 Å². The van der Waals surface area contributed by atoms with E-state index in [1.54, 1.807) is 0 Å². The SMILES string of the molecule is CC(C)(c1ccccc1)C(O)CC1CCCC1. The minimum Gasteiger partial charge on any atom is -0.392 e. The second-order valence-corrected chi connectivity index (χ2v) is 5.99. The van der Waals surface area contributed by atoms with Crippen LogP contribution in [-0.4, -0.2) is 11.2 Å². The first kappa shape index (κ1) is 12.6. The van der Waals surface area contributed by atoms with Gasteiger partial charge in [0.1, 0.15) is 0 Å². The van der Waals surface area contributed by atoms with E-state index in [2.05, 4.69) is 38.1 Å². The lowest BCUT2D eigenvalue weighted by Crippen LogP contribution is -2.34. The Bertz CT molecular complexity index is 336. The molecular weight excluding hydrogens is 208 g/mol. The summed E-state index contributed by atoms with van der Waals surface area (Å²) in [6.07, 6.45) is 6.05. The standard InChI is InChI=1S/C16H24O/c1-16(2,14-10-4-3-5-11-14)15(17)12-13-8-6-7-9-13/h3-5,10-11,13,15,17H,6-9,12H2,1-2H3. The lowest BCUT2D eigenvalue weighted by atomic mass is 9.76. The molecule has 1 aromatic carbocycles. The van der Waals surface area contributed by atoms with E-state index in [4.69, 9.17) is 0 Å². The highest BCUT2D eigenvalue weighted by Gasteiger charge is 2.32. The Morgan fingerprint density at radius 1 is 1.18 bits per heavy atom. The summed E-state index contributed by atoms with van der Waals surface area (Å²) in [6.45, 7) is 4.31. The molecule has 0 spiro atoms. The van der Waals surface area contributed by atoms with Gasteiger partial charge in [0.05, 0.1) is 6.10 Å². The maximum absolute atomic E-state index is 10.5. The fourth-order valence-corrected chi connectivity index (χ4v) is 2.92. The summed E-state index contributed by atoms with van der Waals surface area (Å²) < 4.78 is 0. The lowest BCUT2D eigenvalue weighted by molar-refractivity contribution is 0.0751. The summed E-state index contributed by atoms with van der Waals surface area (Å²) in [7, 11) is 0. The Hall–Kier alpha value is -0.820. The third-order valence-electron chi connectivity index (χ3n) is 4.38. The predicted octanol–water partition coefficient (Wildman–Crippen LogP) is 3.91. The van der Waals surface area contributed by atoms with Crippen molar-refractivity contribution in [2.45, 2.75) is 57.5 Å². The molecule has 1 fully saturated rings. The van der Waals surface area contributed by atoms with E-state index in [0.717, 1.165) is 12.3 Å². The highest BCUT2D eigenvalue weighted by molar-refractivity contribution is 5.25. The molecule has 0 bridgehead atoms. The Morgan fingerprint density at radius 3 is 2.35 bits per heavy atom. The van der Waals surface area contributed by atoms with Gasteiger partial charge >= 0.3 is 0 Å². The Morgan fingerprint density at radius 2 is 1.76 bits per heavy atom. The van der Waals surface area contributed by atoms with Crippen LogP contribution in [0.2, 0.25) is 0 Å². The largest absolute Gasteiger partial charge is 0.392 e. The monoisotopic (exact) mass is 232 g/mol. The van der Waals surface area contributed by atoms with Crippen LogP contribution in [0.15, 0.2) is 30.3 Å². The third kappa shape index (κ3) is 2.90. The van der Waals surface area contributed by atoms with Crippen LogP contribution in [0.3, 0.4) is 0 Å². The number of aliphatic hydroxyl groups is 1. The van der Waals surface area contributed by atoms with Gasteiger partial charge < -0.3 is 5.11 Å². The first-order valence-corrected chi connectivity index (χ1v) is 6.84. The maximum atomic E-state index is 10.5. The van der Waals surface area contributed by atoms with Crippen molar-refractivity contribution in [2.24, 2.45) is 5.92 Å². The summed E-state index contributed by atoms with van der Waals surface area (Å²) in [6, 6.07) is 10.4. The Kier molecular flexibility index (Phi) is 3.88. The molecule has 0 aromatic heterocycles. The fourth-order valence-electron chi connectivity index (χ4n) is 2.92. The molecule has 1 atom stereocenters. The minimum absolute atomic E-state index is 0.135. The van der Waals surface area contributed by atoms with Crippen molar-refractivity contribution < 1.29 is 5.11 Å². The molecule has 2 rings (SSSR count). The Labute approximate surface area is 105 Å². The topological polar surface area (TPSA) is 20.2 Å². The molecule has 1 aliphatic carbocycles. The molecule has 0 saturated heterocycles. The molecule has 0 amide bonds. The molecule has 17 heavy (non-hydrogen) atoms. The predicted molar refractivity (Wildman–Crippen MR) is 72.0 cm³/mol. The first-order valence-electron chi connectivity index (χ1n) is 6.84. The number of hydrogen-bond acceptors (Lipinski definition) is 1. The van der Waals surface area contributed by atoms with E-state index in [1.807, 2.05) is 6.07 Å². The smallest absolute Gasteiger partial charge is 0.0634 e. The zero-order valence-corrected chi connectivity index (χ0v) is 11.0. The zero-order chi connectivity index (χ0) is 12.3. The summed E-state index contributed by atoms with van der Waals surface area (Å²) in [5.74, 6) is 0.744. The van der Waals surface area contributed by atoms with Crippen LogP contribution >= 0.6 is 0 Å². The molecule has 1 N–H and O–H groups in total. The van der Waals surface area contributed by atoms with Crippen LogP contribution < -0.4 is 0 Å². The number of aliphatic hydroxyl groups excluding tert-OH is 1. The van der Waals surface area contributed by atoms with E-state index in [1.165, 1.54) is 31.2 Å². The molecule has 0 radical (unpaired) electrons. The van der Waals surface area contributed by atoms with Gasteiger partial charge in [-0.3, -0.25) is 0 Å². The van der Waals surface area contributed by atoms with Gasteiger partial charge in [0.15, 0.2) is 0 Å². The molecule has 1 heteroatoms. The summed E-state index contributed by atoms with van der Waals surface area (Å²) in [5.41, 5.74) is 1.11. The molecule has 0 aliphatic heterocycles. The molecular formula is C16H24O. The highest BCUT2D eigenvalue weighted by atomic mass is 16.3. The van der Waals surface area contributed by atoms with Crippen molar-refractivity contribution in [3.63, 3.8) is 0 Å². The summed E-state index contributed by atoms with van der Waals surface area (Å²) in [4.78, 5) is 0. The molecule has 94 valence electrons. The molecule has 1 aromatic rings. The van der Waals surface area contributed by atoms with Crippen molar-refractivity contribution in [3.05, 3.63) is 35.9 Å². The zero-order valence-electron chi connectivity index (χ0n) is 11.0. The van der Waals surface area contributed by atoms with Crippen molar-refractivity contribution in [3.8, 4) is 0 Å². The third-order valence-corrected chi connectivity index (χ3v) is 4.38. The van der Waals surface area contributed by atoms with E-state index in [0.29, 0.717) is 0 Å². The van der Waals surface area contributed by atoms with Crippen LogP contribution in [0.1, 0.15) is 51.5 Å². The molecule has 1 unspecified atom stereocenters. The van der Waals surface area contributed by atoms with E-state index in [-0.39, 0.29) is 11.5 Å². The van der Waals surface area contributed by atoms with Crippen molar-refractivity contribution >= 4 is 0 Å². The second-order valence-electron chi connectivity index (χ2n) is 5.99. The van der Waals surface area contributed by atoms with Gasteiger partial charge in [0.25, 0.3) is 0 Å². The van der Waals surface area contributed by atoms with E-state index >= 15 is 0 Å².